The summed E-state index contributed by atoms with van der Waals surface area (Å²) >= 11 is 3.26. The second-order valence-electron chi connectivity index (χ2n) is 5.20. The number of rotatable bonds is 5. The van der Waals surface area contributed by atoms with Crippen LogP contribution in [0.25, 0.3) is 11.3 Å². The van der Waals surface area contributed by atoms with Gasteiger partial charge in [0.1, 0.15) is 16.4 Å². The summed E-state index contributed by atoms with van der Waals surface area (Å²) < 4.78 is 6.18. The molecule has 0 aliphatic carbocycles. The molecule has 3 aromatic rings. The average molecular weight is 342 g/mol. The van der Waals surface area contributed by atoms with Crippen molar-refractivity contribution in [1.29, 1.82) is 0 Å². The molecule has 0 spiro atoms. The molecule has 0 radical (unpaired) electrons. The normalized spacial score (nSPS) is 10.7. The lowest BCUT2D eigenvalue weighted by Gasteiger charge is -2.01. The molecule has 5 heteroatoms. The summed E-state index contributed by atoms with van der Waals surface area (Å²) in [6, 6.07) is 16.4. The Labute approximate surface area is 144 Å². The van der Waals surface area contributed by atoms with Crippen molar-refractivity contribution >= 4 is 28.1 Å². The van der Waals surface area contributed by atoms with Gasteiger partial charge in [-0.2, -0.15) is 0 Å². The first-order chi connectivity index (χ1) is 11.2. The van der Waals surface area contributed by atoms with Gasteiger partial charge in [-0.05, 0) is 36.8 Å². The minimum absolute atomic E-state index is 0.751. The second kappa shape index (κ2) is 7.06. The molecule has 0 atom stereocenters. The Bertz CT molecular complexity index is 780. The zero-order valence-corrected chi connectivity index (χ0v) is 14.7. The van der Waals surface area contributed by atoms with Crippen molar-refractivity contribution in [3.05, 3.63) is 59.7 Å². The molecular formula is C18H18N2OS2. The molecule has 3 nitrogen and oxygen atoms in total. The number of nitrogens with zero attached hydrogens (tertiary/aromatic N) is 1. The highest BCUT2D eigenvalue weighted by atomic mass is 32.2. The van der Waals surface area contributed by atoms with Gasteiger partial charge in [0.25, 0.3) is 0 Å². The Balaban J connectivity index is 1.73. The number of nitrogens with two attached hydrogens (primary N) is 1. The summed E-state index contributed by atoms with van der Waals surface area (Å²) in [5.41, 5.74) is 10.6. The van der Waals surface area contributed by atoms with Gasteiger partial charge >= 0.3 is 0 Å². The predicted octanol–water partition coefficient (Wildman–Crippen LogP) is 5.00. The summed E-state index contributed by atoms with van der Waals surface area (Å²) in [4.78, 5) is 4.68. The van der Waals surface area contributed by atoms with Gasteiger partial charge in [0.15, 0.2) is 4.34 Å². The summed E-state index contributed by atoms with van der Waals surface area (Å²) in [7, 11) is 1.66. The summed E-state index contributed by atoms with van der Waals surface area (Å²) in [6.07, 6.45) is 0. The van der Waals surface area contributed by atoms with E-state index in [9.17, 15) is 0 Å². The van der Waals surface area contributed by atoms with Crippen LogP contribution in [0, 0.1) is 6.92 Å². The van der Waals surface area contributed by atoms with Gasteiger partial charge in [-0.15, -0.1) is 0 Å². The minimum Gasteiger partial charge on any atom is -0.497 e. The predicted molar refractivity (Wildman–Crippen MR) is 99.3 cm³/mol. The van der Waals surface area contributed by atoms with Gasteiger partial charge in [-0.3, -0.25) is 0 Å². The topological polar surface area (TPSA) is 48.1 Å². The van der Waals surface area contributed by atoms with E-state index in [2.05, 4.69) is 36.2 Å². The first-order valence-electron chi connectivity index (χ1n) is 7.25. The number of benzene rings is 2. The third-order valence-corrected chi connectivity index (χ3v) is 5.58. The van der Waals surface area contributed by atoms with Crippen LogP contribution in [-0.2, 0) is 5.75 Å². The number of anilines is 1. The van der Waals surface area contributed by atoms with Crippen LogP contribution in [0.4, 0.5) is 5.00 Å². The van der Waals surface area contributed by atoms with Gasteiger partial charge in [0.2, 0.25) is 0 Å². The van der Waals surface area contributed by atoms with Crippen LogP contribution in [-0.4, -0.2) is 12.1 Å². The van der Waals surface area contributed by atoms with E-state index in [0.29, 0.717) is 0 Å². The van der Waals surface area contributed by atoms with Crippen LogP contribution in [0.1, 0.15) is 11.1 Å². The van der Waals surface area contributed by atoms with Crippen LogP contribution in [0.5, 0.6) is 5.75 Å². The van der Waals surface area contributed by atoms with Gasteiger partial charge in [0, 0.05) is 11.3 Å². The summed E-state index contributed by atoms with van der Waals surface area (Å²) in [5.74, 6) is 1.73. The third kappa shape index (κ3) is 3.86. The maximum absolute atomic E-state index is 6.14. The van der Waals surface area contributed by atoms with Crippen molar-refractivity contribution in [3.8, 4) is 17.0 Å². The zero-order valence-electron chi connectivity index (χ0n) is 13.1. The van der Waals surface area contributed by atoms with E-state index in [1.165, 1.54) is 22.5 Å². The van der Waals surface area contributed by atoms with Crippen molar-refractivity contribution in [2.75, 3.05) is 12.8 Å². The molecule has 0 amide bonds. The zero-order chi connectivity index (χ0) is 16.2. The largest absolute Gasteiger partial charge is 0.497 e. The molecule has 0 saturated carbocycles. The molecule has 0 unspecified atom stereocenters. The van der Waals surface area contributed by atoms with E-state index < -0.39 is 0 Å². The maximum Gasteiger partial charge on any atom is 0.152 e. The SMILES string of the molecule is COc1ccc(-c2nc(SCc3ccc(C)cc3)sc2N)cc1. The van der Waals surface area contributed by atoms with Crippen molar-refractivity contribution < 1.29 is 4.74 Å². The number of aryl methyl sites for hydroxylation is 1. The fraction of sp³-hybridized carbons (Fsp3) is 0.167. The summed E-state index contributed by atoms with van der Waals surface area (Å²) in [5, 5.41) is 0.751. The Morgan fingerprint density at radius 3 is 2.43 bits per heavy atom. The van der Waals surface area contributed by atoms with Gasteiger partial charge in [-0.1, -0.05) is 52.9 Å². The van der Waals surface area contributed by atoms with E-state index in [4.69, 9.17) is 10.5 Å². The Kier molecular flexibility index (Phi) is 4.88. The quantitative estimate of drug-likeness (QED) is 0.663. The molecule has 23 heavy (non-hydrogen) atoms. The van der Waals surface area contributed by atoms with Crippen molar-refractivity contribution in [3.63, 3.8) is 0 Å². The minimum atomic E-state index is 0.751. The van der Waals surface area contributed by atoms with Gasteiger partial charge < -0.3 is 10.5 Å². The number of thioether (sulfide) groups is 1. The molecular weight excluding hydrogens is 324 g/mol. The molecule has 0 fully saturated rings. The molecule has 118 valence electrons. The third-order valence-electron chi connectivity index (χ3n) is 3.48. The molecule has 1 aromatic heterocycles. The van der Waals surface area contributed by atoms with Crippen LogP contribution < -0.4 is 10.5 Å². The lowest BCUT2D eigenvalue weighted by molar-refractivity contribution is 0.415. The van der Waals surface area contributed by atoms with E-state index in [0.717, 1.165) is 32.1 Å². The fourth-order valence-corrected chi connectivity index (χ4v) is 4.06. The molecule has 2 aromatic carbocycles. The lowest BCUT2D eigenvalue weighted by Crippen LogP contribution is -1.87. The summed E-state index contributed by atoms with van der Waals surface area (Å²) in [6.45, 7) is 2.10. The Hall–Kier alpha value is -1.98. The number of nitrogen functional groups attached to an aromatic ring is 1. The van der Waals surface area contributed by atoms with E-state index in [1.54, 1.807) is 18.9 Å². The van der Waals surface area contributed by atoms with Gasteiger partial charge in [-0.25, -0.2) is 4.98 Å². The first-order valence-corrected chi connectivity index (χ1v) is 9.05. The van der Waals surface area contributed by atoms with E-state index in [-0.39, 0.29) is 0 Å². The number of methoxy groups -OCH3 is 1. The first kappa shape index (κ1) is 15.9. The smallest absolute Gasteiger partial charge is 0.152 e. The number of hydrogen-bond donors (Lipinski definition) is 1. The number of hydrogen-bond acceptors (Lipinski definition) is 5. The Morgan fingerprint density at radius 2 is 1.78 bits per heavy atom. The van der Waals surface area contributed by atoms with Crippen LogP contribution >= 0.6 is 23.1 Å². The average Bonchev–Trinajstić information content (AvgIpc) is 2.95. The van der Waals surface area contributed by atoms with Crippen LogP contribution in [0.2, 0.25) is 0 Å². The molecule has 0 aliphatic heterocycles. The van der Waals surface area contributed by atoms with Crippen molar-refractivity contribution in [2.45, 2.75) is 17.0 Å². The Morgan fingerprint density at radius 1 is 1.09 bits per heavy atom. The number of thiazole rings is 1. The fourth-order valence-electron chi connectivity index (χ4n) is 2.16. The number of ether oxygens (including phenoxy) is 1. The van der Waals surface area contributed by atoms with E-state index >= 15 is 0 Å². The number of aromatic nitrogens is 1. The van der Waals surface area contributed by atoms with Crippen LogP contribution in [0.15, 0.2) is 52.9 Å². The molecule has 3 rings (SSSR count). The standard InChI is InChI=1S/C18H18N2OS2/c1-12-3-5-13(6-4-12)11-22-18-20-16(17(19)23-18)14-7-9-15(21-2)10-8-14/h3-10H,11,19H2,1-2H3. The monoisotopic (exact) mass is 342 g/mol. The van der Waals surface area contributed by atoms with Crippen molar-refractivity contribution in [1.82, 2.24) is 4.98 Å². The molecule has 2 N–H and O–H groups in total. The molecule has 0 aliphatic rings. The maximum atomic E-state index is 6.14. The molecule has 0 saturated heterocycles. The lowest BCUT2D eigenvalue weighted by atomic mass is 10.1. The van der Waals surface area contributed by atoms with Crippen LogP contribution in [0.3, 0.4) is 0 Å². The second-order valence-corrected chi connectivity index (χ2v) is 7.45. The van der Waals surface area contributed by atoms with Gasteiger partial charge in [0.05, 0.1) is 7.11 Å². The highest BCUT2D eigenvalue weighted by Gasteiger charge is 2.11. The highest BCUT2D eigenvalue weighted by molar-refractivity contribution is 8.00. The van der Waals surface area contributed by atoms with Crippen molar-refractivity contribution in [2.24, 2.45) is 0 Å². The molecule has 0 bridgehead atoms. The highest BCUT2D eigenvalue weighted by Crippen LogP contribution is 2.37. The molecule has 1 heterocycles. The van der Waals surface area contributed by atoms with E-state index in [1.807, 2.05) is 24.3 Å².